The maximum absolute atomic E-state index is 9.57. The van der Waals surface area contributed by atoms with Gasteiger partial charge < -0.3 is 25.2 Å². The molecule has 1 heterocycles. The minimum Gasteiger partial charge on any atom is -0.394 e. The summed E-state index contributed by atoms with van der Waals surface area (Å²) in [5.41, 5.74) is 0. The first-order valence-corrected chi connectivity index (χ1v) is 4.79. The third-order valence-corrected chi connectivity index (χ3v) is 2.59. The zero-order valence-electron chi connectivity index (χ0n) is 8.37. The molecule has 0 spiro atoms. The first-order chi connectivity index (χ1) is 6.49. The van der Waals surface area contributed by atoms with E-state index in [-0.39, 0.29) is 20.0 Å². The number of ether oxygens (including phenoxy) is 1. The van der Waals surface area contributed by atoms with Crippen LogP contribution in [0.25, 0.3) is 0 Å². The Labute approximate surface area is 90.3 Å². The normalized spacial score (nSPS) is 41.4. The molecule has 0 aromatic carbocycles. The van der Waals surface area contributed by atoms with E-state index in [2.05, 4.69) is 0 Å². The van der Waals surface area contributed by atoms with Crippen LogP contribution in [0.1, 0.15) is 21.3 Å². The number of hydrogen-bond acceptors (Lipinski definition) is 5. The van der Waals surface area contributed by atoms with Gasteiger partial charge in [-0.3, -0.25) is 0 Å². The molecule has 1 fully saturated rings. The van der Waals surface area contributed by atoms with E-state index >= 15 is 0 Å². The van der Waals surface area contributed by atoms with Crippen molar-refractivity contribution >= 4 is 0 Å². The lowest BCUT2D eigenvalue weighted by atomic mass is 9.90. The fourth-order valence-corrected chi connectivity index (χ4v) is 1.68. The maximum Gasteiger partial charge on any atom is 0.111 e. The number of rotatable bonds is 2. The van der Waals surface area contributed by atoms with Crippen LogP contribution in [0, 0.1) is 5.92 Å². The van der Waals surface area contributed by atoms with Gasteiger partial charge in [-0.05, 0) is 5.92 Å². The lowest BCUT2D eigenvalue weighted by Crippen LogP contribution is -2.59. The van der Waals surface area contributed by atoms with Gasteiger partial charge in [-0.1, -0.05) is 21.3 Å². The van der Waals surface area contributed by atoms with Gasteiger partial charge in [0.05, 0.1) is 12.7 Å². The van der Waals surface area contributed by atoms with Crippen molar-refractivity contribution in [3.8, 4) is 0 Å². The van der Waals surface area contributed by atoms with Crippen molar-refractivity contribution in [2.45, 2.75) is 51.8 Å². The Bertz CT molecular complexity index is 183. The summed E-state index contributed by atoms with van der Waals surface area (Å²) in [4.78, 5) is 0. The molecule has 15 heavy (non-hydrogen) atoms. The summed E-state index contributed by atoms with van der Waals surface area (Å²) in [5.74, 6) is 0.0150. The summed E-state index contributed by atoms with van der Waals surface area (Å²) in [6, 6.07) is 0. The van der Waals surface area contributed by atoms with E-state index in [4.69, 9.17) is 9.84 Å². The molecule has 1 aliphatic heterocycles. The average molecular weight is 222 g/mol. The lowest BCUT2D eigenvalue weighted by molar-refractivity contribution is -0.238. The minimum absolute atomic E-state index is 0. The predicted molar refractivity (Wildman–Crippen MR) is 55.3 cm³/mol. The van der Waals surface area contributed by atoms with Crippen molar-refractivity contribution in [1.82, 2.24) is 0 Å². The van der Waals surface area contributed by atoms with E-state index in [0.717, 1.165) is 0 Å². The highest BCUT2D eigenvalue weighted by molar-refractivity contribution is 4.92. The predicted octanol–water partition coefficient (Wildman–Crippen LogP) is -0.879. The van der Waals surface area contributed by atoms with Gasteiger partial charge in [-0.2, -0.15) is 0 Å². The highest BCUT2D eigenvalue weighted by Crippen LogP contribution is 2.25. The van der Waals surface area contributed by atoms with Crippen LogP contribution in [0.3, 0.4) is 0 Å². The molecule has 1 rings (SSSR count). The van der Waals surface area contributed by atoms with Gasteiger partial charge in [-0.15, -0.1) is 0 Å². The van der Waals surface area contributed by atoms with Crippen molar-refractivity contribution in [1.29, 1.82) is 0 Å². The summed E-state index contributed by atoms with van der Waals surface area (Å²) in [6.07, 6.45) is -4.96. The lowest BCUT2D eigenvalue weighted by Gasteiger charge is -2.41. The third kappa shape index (κ3) is 2.89. The number of aliphatic hydroxyl groups excluding tert-OH is 4. The Morgan fingerprint density at radius 1 is 1.07 bits per heavy atom. The molecule has 0 aliphatic carbocycles. The molecule has 5 unspecified atom stereocenters. The number of hydrogen-bond donors (Lipinski definition) is 4. The molecule has 5 nitrogen and oxygen atoms in total. The summed E-state index contributed by atoms with van der Waals surface area (Å²) in [7, 11) is 0. The molecular formula is C10H22O5. The van der Waals surface area contributed by atoms with Crippen LogP contribution < -0.4 is 0 Å². The van der Waals surface area contributed by atoms with Crippen LogP contribution in [-0.4, -0.2) is 57.6 Å². The van der Waals surface area contributed by atoms with Crippen molar-refractivity contribution < 1.29 is 25.2 Å². The van der Waals surface area contributed by atoms with Gasteiger partial charge >= 0.3 is 0 Å². The second kappa shape index (κ2) is 5.77. The fourth-order valence-electron chi connectivity index (χ4n) is 1.68. The molecule has 0 saturated carbocycles. The molecule has 1 saturated heterocycles. The van der Waals surface area contributed by atoms with E-state index in [1.807, 2.05) is 13.8 Å². The van der Waals surface area contributed by atoms with Crippen molar-refractivity contribution in [3.63, 3.8) is 0 Å². The molecule has 4 N–H and O–H groups in total. The van der Waals surface area contributed by atoms with Gasteiger partial charge in [0.1, 0.15) is 24.4 Å². The van der Waals surface area contributed by atoms with Crippen LogP contribution in [0.2, 0.25) is 0 Å². The summed E-state index contributed by atoms with van der Waals surface area (Å²) < 4.78 is 5.28. The van der Waals surface area contributed by atoms with E-state index in [0.29, 0.717) is 0 Å². The fraction of sp³-hybridized carbons (Fsp3) is 1.00. The number of aliphatic hydroxyl groups is 4. The van der Waals surface area contributed by atoms with Crippen LogP contribution in [0.15, 0.2) is 0 Å². The van der Waals surface area contributed by atoms with Crippen LogP contribution in [0.4, 0.5) is 0 Å². The second-order valence-corrected chi connectivity index (χ2v) is 4.04. The molecule has 1 aliphatic rings. The molecule has 0 aromatic heterocycles. The maximum atomic E-state index is 9.57. The van der Waals surface area contributed by atoms with E-state index < -0.39 is 30.5 Å². The summed E-state index contributed by atoms with van der Waals surface area (Å²) in [6.45, 7) is 3.31. The van der Waals surface area contributed by atoms with Crippen LogP contribution in [0.5, 0.6) is 0 Å². The van der Waals surface area contributed by atoms with Gasteiger partial charge in [0.25, 0.3) is 0 Å². The van der Waals surface area contributed by atoms with E-state index in [9.17, 15) is 15.3 Å². The Hall–Kier alpha value is -0.200. The monoisotopic (exact) mass is 222 g/mol. The smallest absolute Gasteiger partial charge is 0.111 e. The standard InChI is InChI=1S/C9H18O5.CH4/c1-4(2)9-8(13)7(12)6(11)5(3-10)14-9;/h4-13H,3H2,1-2H3;1H4. The Kier molecular flexibility index (Phi) is 5.69. The van der Waals surface area contributed by atoms with Gasteiger partial charge in [0.2, 0.25) is 0 Å². The van der Waals surface area contributed by atoms with Gasteiger partial charge in [-0.25, -0.2) is 0 Å². The minimum atomic E-state index is -1.26. The van der Waals surface area contributed by atoms with Gasteiger partial charge in [0, 0.05) is 0 Å². The van der Waals surface area contributed by atoms with Crippen molar-refractivity contribution in [3.05, 3.63) is 0 Å². The zero-order chi connectivity index (χ0) is 10.9. The molecule has 5 atom stereocenters. The molecule has 0 bridgehead atoms. The SMILES string of the molecule is C.CC(C)C1OC(CO)C(O)C(O)C1O. The van der Waals surface area contributed by atoms with Crippen molar-refractivity contribution in [2.24, 2.45) is 5.92 Å². The second-order valence-electron chi connectivity index (χ2n) is 4.04. The van der Waals surface area contributed by atoms with Crippen LogP contribution in [-0.2, 0) is 4.74 Å². The highest BCUT2D eigenvalue weighted by atomic mass is 16.5. The summed E-state index contributed by atoms with van der Waals surface area (Å²) >= 11 is 0. The Morgan fingerprint density at radius 3 is 2.00 bits per heavy atom. The van der Waals surface area contributed by atoms with Gasteiger partial charge in [0.15, 0.2) is 0 Å². The van der Waals surface area contributed by atoms with E-state index in [1.165, 1.54) is 0 Å². The first kappa shape index (κ1) is 14.8. The quantitative estimate of drug-likeness (QED) is 0.487. The molecule has 0 radical (unpaired) electrons. The topological polar surface area (TPSA) is 90.2 Å². The zero-order valence-corrected chi connectivity index (χ0v) is 8.37. The largest absolute Gasteiger partial charge is 0.394 e. The van der Waals surface area contributed by atoms with E-state index in [1.54, 1.807) is 0 Å². The third-order valence-electron chi connectivity index (χ3n) is 2.59. The molecular weight excluding hydrogens is 200 g/mol. The highest BCUT2D eigenvalue weighted by Gasteiger charge is 2.44. The first-order valence-electron chi connectivity index (χ1n) is 4.79. The van der Waals surface area contributed by atoms with Crippen LogP contribution >= 0.6 is 0 Å². The molecule has 5 heteroatoms. The molecule has 92 valence electrons. The molecule has 0 amide bonds. The summed E-state index contributed by atoms with van der Waals surface area (Å²) in [5, 5.41) is 37.4. The Morgan fingerprint density at radius 2 is 1.60 bits per heavy atom. The average Bonchev–Trinajstić information content (AvgIpc) is 2.14. The van der Waals surface area contributed by atoms with Crippen molar-refractivity contribution in [2.75, 3.05) is 6.61 Å². The Balaban J connectivity index is 0.00000196. The molecule has 0 aromatic rings.